The van der Waals surface area contributed by atoms with Gasteiger partial charge in [-0.15, -0.1) is 0 Å². The lowest BCUT2D eigenvalue weighted by molar-refractivity contribution is 0.0992. The van der Waals surface area contributed by atoms with Crippen molar-refractivity contribution in [1.29, 1.82) is 0 Å². The molecule has 32 heavy (non-hydrogen) atoms. The van der Waals surface area contributed by atoms with Gasteiger partial charge in [0.25, 0.3) is 5.91 Å². The summed E-state index contributed by atoms with van der Waals surface area (Å²) in [5.41, 5.74) is 2.77. The van der Waals surface area contributed by atoms with Crippen LogP contribution < -0.4 is 14.8 Å². The first kappa shape index (κ1) is 21.2. The Kier molecular flexibility index (Phi) is 6.25. The molecule has 0 saturated carbocycles. The van der Waals surface area contributed by atoms with Crippen LogP contribution in [0.1, 0.15) is 34.5 Å². The predicted molar refractivity (Wildman–Crippen MR) is 118 cm³/mol. The molecule has 4 aromatic rings. The first-order valence-corrected chi connectivity index (χ1v) is 10.3. The third-order valence-electron chi connectivity index (χ3n) is 5.05. The molecule has 0 spiro atoms. The van der Waals surface area contributed by atoms with Crippen molar-refractivity contribution in [3.8, 4) is 11.5 Å². The van der Waals surface area contributed by atoms with Crippen molar-refractivity contribution < 1.29 is 18.7 Å². The minimum Gasteiger partial charge on any atom is -0.497 e. The van der Waals surface area contributed by atoms with Gasteiger partial charge in [-0.25, -0.2) is 0 Å². The molecule has 0 radical (unpaired) electrons. The maximum absolute atomic E-state index is 12.5. The van der Waals surface area contributed by atoms with E-state index in [1.807, 2.05) is 42.1 Å². The average Bonchev–Trinajstić information content (AvgIpc) is 3.54. The standard InChI is InChI=1S/C23H25N5O4/c1-4-28-16(2)17(11-25-28)13-27-14-18(12-24-27)26-23(29)22-10-9-21(32-22)15-31-20-7-5-19(30-3)6-8-20/h5-12,14H,4,13,15H2,1-3H3,(H,26,29). The molecule has 9 nitrogen and oxygen atoms in total. The minimum absolute atomic E-state index is 0.200. The molecule has 1 amide bonds. The smallest absolute Gasteiger partial charge is 0.291 e. The summed E-state index contributed by atoms with van der Waals surface area (Å²) in [7, 11) is 1.61. The zero-order valence-electron chi connectivity index (χ0n) is 18.2. The van der Waals surface area contributed by atoms with Crippen molar-refractivity contribution >= 4 is 11.6 Å². The maximum Gasteiger partial charge on any atom is 0.291 e. The lowest BCUT2D eigenvalue weighted by atomic mass is 10.2. The van der Waals surface area contributed by atoms with Gasteiger partial charge in [-0.3, -0.25) is 14.2 Å². The molecule has 0 unspecified atom stereocenters. The van der Waals surface area contributed by atoms with Crippen LogP contribution in [0.25, 0.3) is 0 Å². The molecule has 4 rings (SSSR count). The van der Waals surface area contributed by atoms with Gasteiger partial charge in [0.2, 0.25) is 0 Å². The van der Waals surface area contributed by atoms with E-state index in [2.05, 4.69) is 22.4 Å². The van der Waals surface area contributed by atoms with Crippen LogP contribution in [-0.4, -0.2) is 32.6 Å². The van der Waals surface area contributed by atoms with E-state index in [1.165, 1.54) is 0 Å². The van der Waals surface area contributed by atoms with Crippen molar-refractivity contribution in [2.45, 2.75) is 33.5 Å². The topological polar surface area (TPSA) is 96.3 Å². The highest BCUT2D eigenvalue weighted by molar-refractivity contribution is 6.02. The number of aromatic nitrogens is 4. The summed E-state index contributed by atoms with van der Waals surface area (Å²) < 4.78 is 20.1. The quantitative estimate of drug-likeness (QED) is 0.428. The summed E-state index contributed by atoms with van der Waals surface area (Å²) in [5.74, 6) is 1.83. The number of rotatable bonds is 9. The van der Waals surface area contributed by atoms with Crippen molar-refractivity contribution in [3.05, 3.63) is 77.8 Å². The molecular formula is C23H25N5O4. The number of aryl methyl sites for hydroxylation is 1. The Morgan fingerprint density at radius 3 is 2.59 bits per heavy atom. The number of amides is 1. The summed E-state index contributed by atoms with van der Waals surface area (Å²) in [6.07, 6.45) is 5.22. The number of furan rings is 1. The van der Waals surface area contributed by atoms with Crippen LogP contribution in [0, 0.1) is 6.92 Å². The normalized spacial score (nSPS) is 10.8. The minimum atomic E-state index is -0.352. The summed E-state index contributed by atoms with van der Waals surface area (Å²) >= 11 is 0. The summed E-state index contributed by atoms with van der Waals surface area (Å²) in [6, 6.07) is 10.6. The molecule has 3 heterocycles. The molecule has 1 N–H and O–H groups in total. The van der Waals surface area contributed by atoms with E-state index < -0.39 is 0 Å². The van der Waals surface area contributed by atoms with E-state index in [4.69, 9.17) is 13.9 Å². The Bertz CT molecular complexity index is 1190. The summed E-state index contributed by atoms with van der Waals surface area (Å²) in [6.45, 7) is 5.70. The fraction of sp³-hybridized carbons (Fsp3) is 0.261. The van der Waals surface area contributed by atoms with Gasteiger partial charge in [0.05, 0.1) is 31.7 Å². The first-order valence-electron chi connectivity index (χ1n) is 10.3. The number of benzene rings is 1. The molecule has 0 aliphatic heterocycles. The second-order valence-corrected chi connectivity index (χ2v) is 7.18. The number of hydrogen-bond acceptors (Lipinski definition) is 6. The van der Waals surface area contributed by atoms with Crippen LogP contribution in [-0.2, 0) is 19.7 Å². The fourth-order valence-electron chi connectivity index (χ4n) is 3.24. The molecule has 166 valence electrons. The van der Waals surface area contributed by atoms with Gasteiger partial charge >= 0.3 is 0 Å². The van der Waals surface area contributed by atoms with Crippen molar-refractivity contribution in [3.63, 3.8) is 0 Å². The molecule has 9 heteroatoms. The number of methoxy groups -OCH3 is 1. The van der Waals surface area contributed by atoms with E-state index in [-0.39, 0.29) is 18.3 Å². The zero-order valence-corrected chi connectivity index (χ0v) is 18.2. The SMILES string of the molecule is CCn1ncc(Cn2cc(NC(=O)c3ccc(COc4ccc(OC)cc4)o3)cn2)c1C. The van der Waals surface area contributed by atoms with E-state index in [0.29, 0.717) is 23.7 Å². The molecule has 3 aromatic heterocycles. The van der Waals surface area contributed by atoms with Gasteiger partial charge in [0.15, 0.2) is 5.76 Å². The number of ether oxygens (including phenoxy) is 2. The van der Waals surface area contributed by atoms with E-state index in [9.17, 15) is 4.79 Å². The van der Waals surface area contributed by atoms with Gasteiger partial charge in [0.1, 0.15) is 23.9 Å². The Labute approximate surface area is 185 Å². The molecule has 0 bridgehead atoms. The van der Waals surface area contributed by atoms with Crippen LogP contribution in [0.2, 0.25) is 0 Å². The molecule has 0 aliphatic carbocycles. The Hall–Kier alpha value is -4.01. The summed E-state index contributed by atoms with van der Waals surface area (Å²) in [4.78, 5) is 12.5. The Balaban J connectivity index is 1.32. The maximum atomic E-state index is 12.5. The van der Waals surface area contributed by atoms with Crippen LogP contribution in [0.5, 0.6) is 11.5 Å². The van der Waals surface area contributed by atoms with E-state index >= 15 is 0 Å². The van der Waals surface area contributed by atoms with Crippen molar-refractivity contribution in [2.75, 3.05) is 12.4 Å². The largest absolute Gasteiger partial charge is 0.497 e. The third kappa shape index (κ3) is 4.83. The van der Waals surface area contributed by atoms with Crippen LogP contribution in [0.4, 0.5) is 5.69 Å². The average molecular weight is 435 g/mol. The number of anilines is 1. The molecule has 0 fully saturated rings. The fourth-order valence-corrected chi connectivity index (χ4v) is 3.24. The number of nitrogens with one attached hydrogen (secondary N) is 1. The Morgan fingerprint density at radius 1 is 1.09 bits per heavy atom. The zero-order chi connectivity index (χ0) is 22.5. The van der Waals surface area contributed by atoms with Crippen molar-refractivity contribution in [1.82, 2.24) is 19.6 Å². The number of carbonyl (C=O) groups excluding carboxylic acids is 1. The second kappa shape index (κ2) is 9.42. The number of hydrogen-bond donors (Lipinski definition) is 1. The summed E-state index contributed by atoms with van der Waals surface area (Å²) in [5, 5.41) is 11.5. The van der Waals surface area contributed by atoms with Crippen molar-refractivity contribution in [2.24, 2.45) is 0 Å². The van der Waals surface area contributed by atoms with Crippen LogP contribution in [0.15, 0.2) is 59.4 Å². The van der Waals surface area contributed by atoms with Gasteiger partial charge in [-0.05, 0) is 50.2 Å². The third-order valence-corrected chi connectivity index (χ3v) is 5.05. The van der Waals surface area contributed by atoms with Crippen LogP contribution >= 0.6 is 0 Å². The first-order chi connectivity index (χ1) is 15.6. The van der Waals surface area contributed by atoms with Crippen LogP contribution in [0.3, 0.4) is 0 Å². The molecule has 0 atom stereocenters. The lowest BCUT2D eigenvalue weighted by Gasteiger charge is -2.05. The molecule has 0 aliphatic rings. The molecule has 1 aromatic carbocycles. The van der Waals surface area contributed by atoms with Gasteiger partial charge in [-0.1, -0.05) is 0 Å². The highest BCUT2D eigenvalue weighted by Gasteiger charge is 2.14. The van der Waals surface area contributed by atoms with Gasteiger partial charge in [0, 0.05) is 24.0 Å². The molecular weight excluding hydrogens is 410 g/mol. The van der Waals surface area contributed by atoms with E-state index in [1.54, 1.807) is 36.3 Å². The monoisotopic (exact) mass is 435 g/mol. The molecule has 0 saturated heterocycles. The lowest BCUT2D eigenvalue weighted by Crippen LogP contribution is -2.10. The van der Waals surface area contributed by atoms with E-state index in [0.717, 1.165) is 23.6 Å². The van der Waals surface area contributed by atoms with Gasteiger partial charge in [-0.2, -0.15) is 10.2 Å². The Morgan fingerprint density at radius 2 is 1.88 bits per heavy atom. The second-order valence-electron chi connectivity index (χ2n) is 7.18. The number of nitrogens with zero attached hydrogens (tertiary/aromatic N) is 4. The highest BCUT2D eigenvalue weighted by atomic mass is 16.5. The highest BCUT2D eigenvalue weighted by Crippen LogP contribution is 2.19. The predicted octanol–water partition coefficient (Wildman–Crippen LogP) is 3.89. The number of carbonyl (C=O) groups is 1. The van der Waals surface area contributed by atoms with Gasteiger partial charge < -0.3 is 19.2 Å².